The van der Waals surface area contributed by atoms with Crippen LogP contribution >= 0.6 is 8.25 Å². The van der Waals surface area contributed by atoms with Gasteiger partial charge in [0.25, 0.3) is 5.56 Å². The number of rotatable bonds is 6. The van der Waals surface area contributed by atoms with E-state index < -0.39 is 48.5 Å². The molecule has 0 radical (unpaired) electrons. The second kappa shape index (κ2) is 7.20. The molecule has 0 saturated carbocycles. The highest BCUT2D eigenvalue weighted by Gasteiger charge is 2.47. The van der Waals surface area contributed by atoms with Gasteiger partial charge in [-0.2, -0.15) is 13.4 Å². The van der Waals surface area contributed by atoms with E-state index in [0.29, 0.717) is 0 Å². The lowest BCUT2D eigenvalue weighted by Crippen LogP contribution is -2.33. The summed E-state index contributed by atoms with van der Waals surface area (Å²) in [4.78, 5) is 30.9. The van der Waals surface area contributed by atoms with Crippen molar-refractivity contribution in [3.63, 3.8) is 0 Å². The normalized spacial score (nSPS) is 26.6. The van der Waals surface area contributed by atoms with Crippen molar-refractivity contribution in [2.24, 2.45) is 11.1 Å². The summed E-state index contributed by atoms with van der Waals surface area (Å²) in [6, 6.07) is 0. The van der Waals surface area contributed by atoms with Gasteiger partial charge < -0.3 is 10.5 Å². The van der Waals surface area contributed by atoms with Crippen molar-refractivity contribution in [1.82, 2.24) is 19.5 Å². The first kappa shape index (κ1) is 19.8. The quantitative estimate of drug-likeness (QED) is 0.392. The Labute approximate surface area is 152 Å². The number of nitrogen functional groups attached to an aromatic ring is 1. The summed E-state index contributed by atoms with van der Waals surface area (Å²) >= 11 is 0. The molecule has 3 heterocycles. The zero-order valence-electron chi connectivity index (χ0n) is 13.8. The minimum absolute atomic E-state index is 0.0336. The lowest BCUT2D eigenvalue weighted by atomic mass is 10.0. The van der Waals surface area contributed by atoms with Gasteiger partial charge >= 0.3 is 18.6 Å². The number of nitrogens with one attached hydrogen (secondary N) is 1. The fourth-order valence-electron chi connectivity index (χ4n) is 2.82. The molecule has 2 aromatic heterocycles. The largest absolute Gasteiger partial charge is 0.694 e. The predicted octanol–water partition coefficient (Wildman–Crippen LogP) is -1.51. The lowest BCUT2D eigenvalue weighted by molar-refractivity contribution is -0.0407. The monoisotopic (exact) mass is 423 g/mol. The maximum Gasteiger partial charge on any atom is 0.694 e. The third kappa shape index (κ3) is 4.14. The Morgan fingerprint density at radius 2 is 2.22 bits per heavy atom. The van der Waals surface area contributed by atoms with Crippen LogP contribution in [0.4, 0.5) is 5.95 Å². The summed E-state index contributed by atoms with van der Waals surface area (Å²) in [6.07, 6.45) is -1.88. The predicted molar refractivity (Wildman–Crippen MR) is 89.4 cm³/mol. The van der Waals surface area contributed by atoms with E-state index in [0.717, 1.165) is 0 Å². The molecular weight excluding hydrogens is 407 g/mol. The SMILES string of the molecule is CC1C(OS(N)(=O)=O)[C@H](n2cnc3c(=O)[nH]c(N)nc32)O[C@@H]1CO[P+](=O)O. The van der Waals surface area contributed by atoms with Crippen molar-refractivity contribution >= 4 is 35.7 Å². The topological polar surface area (TPSA) is 215 Å². The van der Waals surface area contributed by atoms with Gasteiger partial charge in [0, 0.05) is 10.5 Å². The molecule has 1 fully saturated rings. The van der Waals surface area contributed by atoms with Crippen LogP contribution in [0.3, 0.4) is 0 Å². The third-order valence-electron chi connectivity index (χ3n) is 4.02. The second-order valence-electron chi connectivity index (χ2n) is 5.79. The van der Waals surface area contributed by atoms with Crippen LogP contribution in [0.25, 0.3) is 11.2 Å². The number of aromatic nitrogens is 4. The van der Waals surface area contributed by atoms with Crippen molar-refractivity contribution < 1.29 is 31.3 Å². The molecule has 0 aromatic carbocycles. The number of nitrogens with zero attached hydrogens (tertiary/aromatic N) is 3. The maximum absolute atomic E-state index is 11.9. The standard InChI is InChI=1S/C11H15N6O8PS/c1-4-5(2-23-26(19)20)24-10(7(4)25-27(13,21)22)17-3-14-6-8(17)15-11(12)16-9(6)18/h3-5,7,10H,2H2,1H3,(H5-,12,13,15,16,18,19,20,21,22)/p+1/t4?,5-,7?,10-/m1/s1. The Balaban J connectivity index is 2.03. The van der Waals surface area contributed by atoms with Gasteiger partial charge in [0.05, 0.1) is 12.4 Å². The molecule has 2 aromatic rings. The van der Waals surface area contributed by atoms with E-state index in [9.17, 15) is 17.8 Å². The molecule has 6 N–H and O–H groups in total. The molecule has 0 bridgehead atoms. The average molecular weight is 423 g/mol. The van der Waals surface area contributed by atoms with Crippen molar-refractivity contribution in [2.45, 2.75) is 25.4 Å². The number of ether oxygens (including phenoxy) is 1. The van der Waals surface area contributed by atoms with Crippen LogP contribution in [-0.4, -0.2) is 51.6 Å². The summed E-state index contributed by atoms with van der Waals surface area (Å²) < 4.78 is 50.3. The van der Waals surface area contributed by atoms with Crippen molar-refractivity contribution in [3.05, 3.63) is 16.7 Å². The third-order valence-corrected chi connectivity index (χ3v) is 4.88. The molecule has 1 saturated heterocycles. The molecule has 27 heavy (non-hydrogen) atoms. The minimum atomic E-state index is -4.36. The summed E-state index contributed by atoms with van der Waals surface area (Å²) in [5.41, 5.74) is 4.94. The number of fused-ring (bicyclic) bond motifs is 1. The van der Waals surface area contributed by atoms with Crippen LogP contribution in [0, 0.1) is 5.92 Å². The molecule has 3 unspecified atom stereocenters. The zero-order valence-corrected chi connectivity index (χ0v) is 15.5. The molecule has 14 nitrogen and oxygen atoms in total. The summed E-state index contributed by atoms with van der Waals surface area (Å²) in [5.74, 6) is -0.804. The first-order chi connectivity index (χ1) is 12.6. The molecule has 1 aliphatic rings. The Morgan fingerprint density at radius 3 is 2.85 bits per heavy atom. The molecule has 16 heteroatoms. The Morgan fingerprint density at radius 1 is 1.52 bits per heavy atom. The molecule has 0 aliphatic carbocycles. The highest BCUT2D eigenvalue weighted by molar-refractivity contribution is 7.84. The van der Waals surface area contributed by atoms with Crippen LogP contribution in [0.2, 0.25) is 0 Å². The van der Waals surface area contributed by atoms with E-state index in [4.69, 9.17) is 24.7 Å². The molecule has 148 valence electrons. The van der Waals surface area contributed by atoms with E-state index in [1.807, 2.05) is 0 Å². The molecule has 0 amide bonds. The number of nitrogens with two attached hydrogens (primary N) is 2. The van der Waals surface area contributed by atoms with E-state index in [2.05, 4.69) is 19.5 Å². The van der Waals surface area contributed by atoms with Gasteiger partial charge in [-0.25, -0.2) is 14.3 Å². The fraction of sp³-hybridized carbons (Fsp3) is 0.545. The minimum Gasteiger partial charge on any atom is -0.369 e. The number of anilines is 1. The number of imidazole rings is 1. The molecule has 5 atom stereocenters. The Hall–Kier alpha value is -2.00. The van der Waals surface area contributed by atoms with Crippen molar-refractivity contribution in [1.29, 1.82) is 0 Å². The molecule has 1 aliphatic heterocycles. The Kier molecular flexibility index (Phi) is 5.27. The van der Waals surface area contributed by atoms with Gasteiger partial charge in [0.2, 0.25) is 5.95 Å². The smallest absolute Gasteiger partial charge is 0.369 e. The summed E-state index contributed by atoms with van der Waals surface area (Å²) in [7, 11) is -7.24. The van der Waals surface area contributed by atoms with Crippen LogP contribution in [0.1, 0.15) is 13.2 Å². The lowest BCUT2D eigenvalue weighted by Gasteiger charge is -2.21. The Bertz CT molecular complexity index is 1040. The second-order valence-corrected chi connectivity index (χ2v) is 7.70. The van der Waals surface area contributed by atoms with Gasteiger partial charge in [0.15, 0.2) is 17.4 Å². The van der Waals surface area contributed by atoms with Gasteiger partial charge in [-0.1, -0.05) is 6.92 Å². The maximum atomic E-state index is 11.9. The van der Waals surface area contributed by atoms with E-state index >= 15 is 0 Å². The van der Waals surface area contributed by atoms with Crippen molar-refractivity contribution in [2.75, 3.05) is 12.3 Å². The highest BCUT2D eigenvalue weighted by atomic mass is 32.2. The van der Waals surface area contributed by atoms with Crippen molar-refractivity contribution in [3.8, 4) is 0 Å². The highest BCUT2D eigenvalue weighted by Crippen LogP contribution is 2.38. The van der Waals surface area contributed by atoms with Gasteiger partial charge in [-0.3, -0.25) is 14.3 Å². The van der Waals surface area contributed by atoms with Crippen LogP contribution in [0.5, 0.6) is 0 Å². The fourth-order valence-corrected chi connectivity index (χ4v) is 3.68. The average Bonchev–Trinajstić information content (AvgIpc) is 3.07. The summed E-state index contributed by atoms with van der Waals surface area (Å²) in [5, 5.41) is 4.98. The summed E-state index contributed by atoms with van der Waals surface area (Å²) in [6.45, 7) is 1.28. The number of aromatic amines is 1. The number of hydrogen-bond donors (Lipinski definition) is 4. The van der Waals surface area contributed by atoms with Crippen LogP contribution < -0.4 is 16.4 Å². The first-order valence-corrected chi connectivity index (χ1v) is 10.0. The van der Waals surface area contributed by atoms with Gasteiger partial charge in [0.1, 0.15) is 12.7 Å². The van der Waals surface area contributed by atoms with Crippen LogP contribution in [-0.2, 0) is 28.3 Å². The number of hydrogen-bond acceptors (Lipinski definition) is 10. The molecule has 3 rings (SSSR count). The van der Waals surface area contributed by atoms with E-state index in [1.54, 1.807) is 6.92 Å². The van der Waals surface area contributed by atoms with Gasteiger partial charge in [-0.05, 0) is 0 Å². The molecule has 0 spiro atoms. The molecular formula is C11H16N6O8PS+. The van der Waals surface area contributed by atoms with Crippen LogP contribution in [0.15, 0.2) is 11.1 Å². The first-order valence-electron chi connectivity index (χ1n) is 7.44. The van der Waals surface area contributed by atoms with Gasteiger partial charge in [-0.15, -0.1) is 9.42 Å². The van der Waals surface area contributed by atoms with E-state index in [-0.39, 0.29) is 23.7 Å². The van der Waals surface area contributed by atoms with E-state index in [1.165, 1.54) is 10.9 Å². The number of H-pyrrole nitrogens is 1. The zero-order chi connectivity index (χ0) is 19.9.